The lowest BCUT2D eigenvalue weighted by Crippen LogP contribution is -2.17. The zero-order chi connectivity index (χ0) is 38.6. The summed E-state index contributed by atoms with van der Waals surface area (Å²) in [5.41, 5.74) is 16.1. The third kappa shape index (κ3) is 5.83. The van der Waals surface area contributed by atoms with Gasteiger partial charge in [0.25, 0.3) is 0 Å². The molecule has 2 heterocycles. The Balaban J connectivity index is 1.05. The average molecular weight is 762 g/mol. The molecule has 0 aliphatic carbocycles. The summed E-state index contributed by atoms with van der Waals surface area (Å²) < 4.78 is 8.89. The van der Waals surface area contributed by atoms with Crippen LogP contribution in [0.25, 0.3) is 85.9 Å². The zero-order valence-electron chi connectivity index (χ0n) is 31.4. The molecule has 0 bridgehead atoms. The molecule has 9 aromatic carbocycles. The Morgan fingerprint density at radius 1 is 0.500 bits per heavy atom. The fourth-order valence-corrected chi connectivity index (χ4v) is 9.62. The van der Waals surface area contributed by atoms with E-state index in [9.17, 15) is 0 Å². The normalized spacial score (nSPS) is 12.5. The fraction of sp³-hybridized carbons (Fsp3) is 0.0189. The van der Waals surface area contributed by atoms with E-state index in [4.69, 9.17) is 20.1 Å². The lowest BCUT2D eigenvalue weighted by atomic mass is 9.94. The second-order valence-corrected chi connectivity index (χ2v) is 15.7. The van der Waals surface area contributed by atoms with E-state index in [1.807, 2.05) is 24.3 Å². The number of benzene rings is 9. The summed E-state index contributed by atoms with van der Waals surface area (Å²) in [6.45, 7) is 0.454. The molecule has 0 amide bonds. The summed E-state index contributed by atoms with van der Waals surface area (Å²) in [5.74, 6) is 0.974. The predicted molar refractivity (Wildman–Crippen MR) is 246 cm³/mol. The van der Waals surface area contributed by atoms with E-state index in [1.54, 1.807) is 11.3 Å². The summed E-state index contributed by atoms with van der Waals surface area (Å²) in [4.78, 5) is 10.5. The van der Waals surface area contributed by atoms with Gasteiger partial charge in [-0.3, -0.25) is 4.99 Å². The number of hydrogen-bond acceptors (Lipinski definition) is 3. The molecule has 0 spiro atoms. The van der Waals surface area contributed by atoms with Crippen LogP contribution in [0.1, 0.15) is 16.7 Å². The van der Waals surface area contributed by atoms with Crippen molar-refractivity contribution < 1.29 is 4.42 Å². The van der Waals surface area contributed by atoms with Gasteiger partial charge >= 0.3 is 0 Å². The van der Waals surface area contributed by atoms with Crippen LogP contribution in [-0.2, 0) is 6.54 Å². The molecule has 0 atom stereocenters. The van der Waals surface area contributed by atoms with Gasteiger partial charge in [-0.2, -0.15) is 0 Å². The van der Waals surface area contributed by atoms with Crippen LogP contribution in [-0.4, -0.2) is 11.7 Å². The zero-order valence-corrected chi connectivity index (χ0v) is 32.2. The maximum atomic E-state index is 7.16. The molecule has 11 rings (SSSR count). The first kappa shape index (κ1) is 34.0. The van der Waals surface area contributed by atoms with Crippen molar-refractivity contribution in [2.75, 3.05) is 0 Å². The van der Waals surface area contributed by atoms with Crippen molar-refractivity contribution in [1.82, 2.24) is 0 Å². The quantitative estimate of drug-likeness (QED) is 0.135. The summed E-state index contributed by atoms with van der Waals surface area (Å²) in [6.07, 6.45) is 0. The molecular weight excluding hydrogens is 727 g/mol. The standard InChI is InChI=1S/C53H35N3OS/c54-52(56-53(55-32-33-25-26-34-11-1-2-13-38(34)31-33)45-21-8-19-43-42-16-5-6-24-48(42)58-51(43)45)44-20-10-23-47-50(44)49-41(18-9-22-46(49)57-47)37-29-27-36(28-30-37)40-17-7-14-35-12-3-4-15-39(35)40/h1-31H,32H2,(H2,54,55,56). The Hall–Kier alpha value is -7.34. The molecule has 2 aromatic heterocycles. The number of hydrogen-bond donors (Lipinski definition) is 1. The van der Waals surface area contributed by atoms with E-state index in [-0.39, 0.29) is 0 Å². The molecular formula is C53H35N3OS. The highest BCUT2D eigenvalue weighted by molar-refractivity contribution is 7.26. The third-order valence-corrected chi connectivity index (χ3v) is 12.4. The Bertz CT molecular complexity index is 3440. The number of nitrogens with two attached hydrogens (primary N) is 1. The van der Waals surface area contributed by atoms with Crippen molar-refractivity contribution >= 4 is 86.7 Å². The smallest absolute Gasteiger partial charge is 0.158 e. The van der Waals surface area contributed by atoms with E-state index in [0.717, 1.165) is 54.5 Å². The Labute approximate surface area is 338 Å². The highest BCUT2D eigenvalue weighted by Gasteiger charge is 2.19. The van der Waals surface area contributed by atoms with Gasteiger partial charge in [-0.25, -0.2) is 4.99 Å². The monoisotopic (exact) mass is 761 g/mol. The maximum absolute atomic E-state index is 7.16. The first-order valence-electron chi connectivity index (χ1n) is 19.5. The summed E-state index contributed by atoms with van der Waals surface area (Å²) in [7, 11) is 0. The number of furan rings is 1. The molecule has 0 saturated heterocycles. The first-order chi connectivity index (χ1) is 28.7. The van der Waals surface area contributed by atoms with Crippen LogP contribution in [0.3, 0.4) is 0 Å². The van der Waals surface area contributed by atoms with E-state index in [0.29, 0.717) is 18.2 Å². The molecule has 0 saturated carbocycles. The van der Waals surface area contributed by atoms with Gasteiger partial charge in [-0.1, -0.05) is 158 Å². The molecule has 4 nitrogen and oxygen atoms in total. The second-order valence-electron chi connectivity index (χ2n) is 14.7. The highest BCUT2D eigenvalue weighted by Crippen LogP contribution is 2.40. The van der Waals surface area contributed by atoms with Crippen molar-refractivity contribution in [3.63, 3.8) is 0 Å². The van der Waals surface area contributed by atoms with Crippen LogP contribution in [0.5, 0.6) is 0 Å². The second kappa shape index (κ2) is 14.0. The largest absolute Gasteiger partial charge is 0.456 e. The lowest BCUT2D eigenvalue weighted by molar-refractivity contribution is 0.669. The van der Waals surface area contributed by atoms with Crippen LogP contribution >= 0.6 is 11.3 Å². The minimum atomic E-state index is 0.379. The highest BCUT2D eigenvalue weighted by atomic mass is 32.1. The van der Waals surface area contributed by atoms with Gasteiger partial charge in [0.15, 0.2) is 5.84 Å². The SMILES string of the molecule is N/C(=N\C(=N/Cc1ccc2ccccc2c1)c1cccc2c1sc1ccccc12)c1cccc2oc3cccc(-c4ccc(-c5cccc6ccccc56)cc4)c3c12. The van der Waals surface area contributed by atoms with E-state index < -0.39 is 0 Å². The van der Waals surface area contributed by atoms with Crippen LogP contribution in [0.15, 0.2) is 202 Å². The minimum absolute atomic E-state index is 0.379. The molecule has 0 fully saturated rings. The van der Waals surface area contributed by atoms with Gasteiger partial charge < -0.3 is 10.2 Å². The number of rotatable bonds is 6. The van der Waals surface area contributed by atoms with Gasteiger partial charge in [0, 0.05) is 42.1 Å². The molecule has 5 heteroatoms. The fourth-order valence-electron chi connectivity index (χ4n) is 8.41. The number of amidine groups is 2. The van der Waals surface area contributed by atoms with Crippen molar-refractivity contribution in [2.45, 2.75) is 6.54 Å². The van der Waals surface area contributed by atoms with Crippen molar-refractivity contribution in [1.29, 1.82) is 0 Å². The maximum Gasteiger partial charge on any atom is 0.158 e. The molecule has 58 heavy (non-hydrogen) atoms. The number of nitrogens with zero attached hydrogens (tertiary/aromatic N) is 2. The van der Waals surface area contributed by atoms with E-state index in [2.05, 4.69) is 164 Å². The Morgan fingerprint density at radius 2 is 1.12 bits per heavy atom. The van der Waals surface area contributed by atoms with Crippen LogP contribution in [0.4, 0.5) is 0 Å². The molecule has 274 valence electrons. The first-order valence-corrected chi connectivity index (χ1v) is 20.3. The van der Waals surface area contributed by atoms with E-state index >= 15 is 0 Å². The van der Waals surface area contributed by atoms with Gasteiger partial charge in [0.2, 0.25) is 0 Å². The molecule has 11 aromatic rings. The van der Waals surface area contributed by atoms with Crippen LogP contribution < -0.4 is 5.73 Å². The lowest BCUT2D eigenvalue weighted by Gasteiger charge is -2.10. The van der Waals surface area contributed by atoms with Crippen molar-refractivity contribution in [2.24, 2.45) is 15.7 Å². The molecule has 2 N–H and O–H groups in total. The van der Waals surface area contributed by atoms with Gasteiger partial charge in [0.05, 0.1) is 6.54 Å². The number of aliphatic imine (C=N–C) groups is 2. The predicted octanol–water partition coefficient (Wildman–Crippen LogP) is 13.9. The Kier molecular flexibility index (Phi) is 8.19. The van der Waals surface area contributed by atoms with Crippen LogP contribution in [0.2, 0.25) is 0 Å². The summed E-state index contributed by atoms with van der Waals surface area (Å²) in [6, 6.07) is 65.9. The van der Waals surface area contributed by atoms with E-state index in [1.165, 1.54) is 48.1 Å². The third-order valence-electron chi connectivity index (χ3n) is 11.2. The van der Waals surface area contributed by atoms with Crippen LogP contribution in [0, 0.1) is 0 Å². The van der Waals surface area contributed by atoms with Gasteiger partial charge in [0.1, 0.15) is 17.0 Å². The summed E-state index contributed by atoms with van der Waals surface area (Å²) in [5, 5.41) is 9.20. The molecule has 0 aliphatic heterocycles. The molecule has 0 aliphatic rings. The minimum Gasteiger partial charge on any atom is -0.456 e. The molecule has 0 unspecified atom stereocenters. The summed E-state index contributed by atoms with van der Waals surface area (Å²) >= 11 is 1.76. The molecule has 0 radical (unpaired) electrons. The topological polar surface area (TPSA) is 63.9 Å². The van der Waals surface area contributed by atoms with Gasteiger partial charge in [-0.15, -0.1) is 11.3 Å². The average Bonchev–Trinajstić information content (AvgIpc) is 3.86. The van der Waals surface area contributed by atoms with Crippen molar-refractivity contribution in [3.8, 4) is 22.3 Å². The Morgan fingerprint density at radius 3 is 1.98 bits per heavy atom. The van der Waals surface area contributed by atoms with Crippen molar-refractivity contribution in [3.05, 3.63) is 205 Å². The number of fused-ring (bicyclic) bond motifs is 8. The van der Waals surface area contributed by atoms with Gasteiger partial charge in [-0.05, 0) is 79.7 Å². The number of thiophene rings is 1.